The lowest BCUT2D eigenvalue weighted by Crippen LogP contribution is -2.32. The summed E-state index contributed by atoms with van der Waals surface area (Å²) in [7, 11) is 0. The van der Waals surface area contributed by atoms with Crippen LogP contribution in [0.25, 0.3) is 0 Å². The van der Waals surface area contributed by atoms with Crippen molar-refractivity contribution < 1.29 is 4.79 Å². The first kappa shape index (κ1) is 9.73. The van der Waals surface area contributed by atoms with Crippen LogP contribution >= 0.6 is 0 Å². The Morgan fingerprint density at radius 3 is 2.69 bits per heavy atom. The Kier molecular flexibility index (Phi) is 2.67. The molecule has 13 heavy (non-hydrogen) atoms. The number of hydrazine groups is 1. The molecule has 5 nitrogen and oxygen atoms in total. The van der Waals surface area contributed by atoms with Gasteiger partial charge in [-0.2, -0.15) is 5.10 Å². The van der Waals surface area contributed by atoms with Crippen molar-refractivity contribution in [2.75, 3.05) is 0 Å². The van der Waals surface area contributed by atoms with Gasteiger partial charge in [0.2, 0.25) is 0 Å². The molecule has 3 N–H and O–H groups in total. The number of hydrogen-bond acceptors (Lipinski definition) is 3. The molecule has 1 heterocycles. The molecule has 5 heteroatoms. The number of aryl methyl sites for hydroxylation is 2. The van der Waals surface area contributed by atoms with Crippen molar-refractivity contribution in [3.8, 4) is 0 Å². The van der Waals surface area contributed by atoms with Crippen LogP contribution in [0, 0.1) is 13.8 Å². The smallest absolute Gasteiger partial charge is 0.283 e. The van der Waals surface area contributed by atoms with E-state index in [0.717, 1.165) is 11.3 Å². The average molecular weight is 182 g/mol. The summed E-state index contributed by atoms with van der Waals surface area (Å²) in [6, 6.07) is 0. The molecule has 0 aliphatic carbocycles. The van der Waals surface area contributed by atoms with Gasteiger partial charge in [-0.05, 0) is 20.8 Å². The molecular formula is C8H14N4O. The fourth-order valence-electron chi connectivity index (χ4n) is 1.26. The molecule has 0 radical (unpaired) electrons. The summed E-state index contributed by atoms with van der Waals surface area (Å²) in [5, 5.41) is 4.20. The average Bonchev–Trinajstić information content (AvgIpc) is 2.42. The van der Waals surface area contributed by atoms with E-state index in [9.17, 15) is 4.79 Å². The number of amides is 1. The molecule has 0 atom stereocenters. The zero-order valence-electron chi connectivity index (χ0n) is 8.09. The van der Waals surface area contributed by atoms with Crippen LogP contribution in [0.3, 0.4) is 0 Å². The molecule has 1 rings (SSSR count). The van der Waals surface area contributed by atoms with Crippen LogP contribution in [0.15, 0.2) is 0 Å². The highest BCUT2D eigenvalue weighted by Crippen LogP contribution is 2.11. The third-order valence-corrected chi connectivity index (χ3v) is 2.07. The van der Waals surface area contributed by atoms with Crippen molar-refractivity contribution in [2.24, 2.45) is 5.84 Å². The maximum atomic E-state index is 11.3. The highest BCUT2D eigenvalue weighted by molar-refractivity contribution is 5.93. The van der Waals surface area contributed by atoms with Crippen molar-refractivity contribution in [3.63, 3.8) is 0 Å². The van der Waals surface area contributed by atoms with Crippen LogP contribution in [-0.4, -0.2) is 15.7 Å². The van der Waals surface area contributed by atoms with Gasteiger partial charge in [-0.3, -0.25) is 14.9 Å². The zero-order valence-corrected chi connectivity index (χ0v) is 8.09. The van der Waals surface area contributed by atoms with Gasteiger partial charge in [0.15, 0.2) is 0 Å². The van der Waals surface area contributed by atoms with Gasteiger partial charge in [-0.25, -0.2) is 5.84 Å². The Bertz CT molecular complexity index is 329. The number of nitrogens with zero attached hydrogens (tertiary/aromatic N) is 2. The van der Waals surface area contributed by atoms with E-state index in [1.54, 1.807) is 4.68 Å². The molecule has 0 aliphatic rings. The summed E-state index contributed by atoms with van der Waals surface area (Å²) >= 11 is 0. The van der Waals surface area contributed by atoms with Gasteiger partial charge in [-0.15, -0.1) is 0 Å². The lowest BCUT2D eigenvalue weighted by molar-refractivity contribution is 0.0942. The number of aromatic nitrogens is 2. The predicted molar refractivity (Wildman–Crippen MR) is 49.0 cm³/mol. The van der Waals surface area contributed by atoms with Gasteiger partial charge in [0, 0.05) is 12.1 Å². The molecule has 0 aromatic carbocycles. The zero-order chi connectivity index (χ0) is 10.0. The monoisotopic (exact) mass is 182 g/mol. The SMILES string of the molecule is CCn1nc(C)c(C)c1C(=O)NN. The summed E-state index contributed by atoms with van der Waals surface area (Å²) in [4.78, 5) is 11.3. The summed E-state index contributed by atoms with van der Waals surface area (Å²) < 4.78 is 1.65. The van der Waals surface area contributed by atoms with Crippen LogP contribution in [0.4, 0.5) is 0 Å². The van der Waals surface area contributed by atoms with E-state index in [2.05, 4.69) is 10.5 Å². The van der Waals surface area contributed by atoms with E-state index >= 15 is 0 Å². The third-order valence-electron chi connectivity index (χ3n) is 2.07. The minimum absolute atomic E-state index is 0.292. The predicted octanol–water partition coefficient (Wildman–Crippen LogP) is 0.123. The molecule has 0 aliphatic heterocycles. The van der Waals surface area contributed by atoms with Gasteiger partial charge >= 0.3 is 0 Å². The van der Waals surface area contributed by atoms with E-state index < -0.39 is 0 Å². The standard InChI is InChI=1S/C8H14N4O/c1-4-12-7(8(13)10-9)5(2)6(3)11-12/h4,9H2,1-3H3,(H,10,13). The number of carbonyl (C=O) groups is 1. The van der Waals surface area contributed by atoms with E-state index in [1.165, 1.54) is 0 Å². The molecule has 0 saturated carbocycles. The first-order chi connectivity index (χ1) is 6.11. The van der Waals surface area contributed by atoms with Crippen LogP contribution in [-0.2, 0) is 6.54 Å². The number of nitrogens with one attached hydrogen (secondary N) is 1. The van der Waals surface area contributed by atoms with Gasteiger partial charge in [0.1, 0.15) is 5.69 Å². The summed E-state index contributed by atoms with van der Waals surface area (Å²) in [5.74, 6) is 4.77. The second kappa shape index (κ2) is 3.57. The second-order valence-corrected chi connectivity index (χ2v) is 2.85. The fraction of sp³-hybridized carbons (Fsp3) is 0.500. The first-order valence-corrected chi connectivity index (χ1v) is 4.16. The summed E-state index contributed by atoms with van der Waals surface area (Å²) in [6.45, 7) is 6.32. The number of nitrogens with two attached hydrogens (primary N) is 1. The summed E-state index contributed by atoms with van der Waals surface area (Å²) in [6.07, 6.45) is 0. The number of rotatable bonds is 2. The van der Waals surface area contributed by atoms with Crippen molar-refractivity contribution in [3.05, 3.63) is 17.0 Å². The van der Waals surface area contributed by atoms with Crippen LogP contribution in [0.5, 0.6) is 0 Å². The maximum absolute atomic E-state index is 11.3. The van der Waals surface area contributed by atoms with Crippen molar-refractivity contribution in [1.82, 2.24) is 15.2 Å². The van der Waals surface area contributed by atoms with Crippen LogP contribution in [0.1, 0.15) is 28.7 Å². The molecule has 1 amide bonds. The van der Waals surface area contributed by atoms with E-state index in [0.29, 0.717) is 12.2 Å². The van der Waals surface area contributed by atoms with Gasteiger partial charge in [0.25, 0.3) is 5.91 Å². The highest BCUT2D eigenvalue weighted by Gasteiger charge is 2.16. The van der Waals surface area contributed by atoms with Gasteiger partial charge in [0.05, 0.1) is 5.69 Å². The molecule has 0 fully saturated rings. The molecule has 0 spiro atoms. The van der Waals surface area contributed by atoms with Gasteiger partial charge in [-0.1, -0.05) is 0 Å². The summed E-state index contributed by atoms with van der Waals surface area (Å²) in [5.41, 5.74) is 4.40. The molecule has 0 bridgehead atoms. The van der Waals surface area contributed by atoms with E-state index in [-0.39, 0.29) is 5.91 Å². The van der Waals surface area contributed by atoms with Crippen LogP contribution < -0.4 is 11.3 Å². The molecule has 1 aromatic heterocycles. The number of carbonyl (C=O) groups excluding carboxylic acids is 1. The Labute approximate surface area is 76.9 Å². The van der Waals surface area contributed by atoms with Gasteiger partial charge < -0.3 is 0 Å². The first-order valence-electron chi connectivity index (χ1n) is 4.16. The van der Waals surface area contributed by atoms with Crippen LogP contribution in [0.2, 0.25) is 0 Å². The number of nitrogen functional groups attached to an aromatic ring is 1. The molecule has 72 valence electrons. The molecule has 0 saturated heterocycles. The van der Waals surface area contributed by atoms with E-state index in [4.69, 9.17) is 5.84 Å². The topological polar surface area (TPSA) is 72.9 Å². The Morgan fingerprint density at radius 2 is 2.23 bits per heavy atom. The Hall–Kier alpha value is -1.36. The largest absolute Gasteiger partial charge is 0.289 e. The Balaban J connectivity index is 3.23. The molecular weight excluding hydrogens is 168 g/mol. The third kappa shape index (κ3) is 1.55. The maximum Gasteiger partial charge on any atom is 0.283 e. The molecule has 1 aromatic rings. The van der Waals surface area contributed by atoms with Crippen molar-refractivity contribution >= 4 is 5.91 Å². The van der Waals surface area contributed by atoms with E-state index in [1.807, 2.05) is 20.8 Å². The fourth-order valence-corrected chi connectivity index (χ4v) is 1.26. The van der Waals surface area contributed by atoms with Crippen molar-refractivity contribution in [1.29, 1.82) is 0 Å². The lowest BCUT2D eigenvalue weighted by atomic mass is 10.2. The molecule has 0 unspecified atom stereocenters. The minimum Gasteiger partial charge on any atom is -0.289 e. The Morgan fingerprint density at radius 1 is 1.62 bits per heavy atom. The number of hydrogen-bond donors (Lipinski definition) is 2. The van der Waals surface area contributed by atoms with Crippen molar-refractivity contribution in [2.45, 2.75) is 27.3 Å². The normalized spacial score (nSPS) is 10.2. The second-order valence-electron chi connectivity index (χ2n) is 2.85. The minimum atomic E-state index is -0.292. The lowest BCUT2D eigenvalue weighted by Gasteiger charge is -2.03. The highest BCUT2D eigenvalue weighted by atomic mass is 16.2. The quantitative estimate of drug-likeness (QED) is 0.387.